The molecule has 0 aliphatic rings. The number of aliphatic hydroxyl groups excluding tert-OH is 1. The van der Waals surface area contributed by atoms with Crippen LogP contribution in [0.3, 0.4) is 0 Å². The Morgan fingerprint density at radius 1 is 1.47 bits per heavy atom. The molecule has 0 saturated heterocycles. The summed E-state index contributed by atoms with van der Waals surface area (Å²) in [5.41, 5.74) is -1.50. The van der Waals surface area contributed by atoms with E-state index in [0.29, 0.717) is 0 Å². The predicted octanol–water partition coefficient (Wildman–Crippen LogP) is 1.09. The molecule has 0 aromatic heterocycles. The van der Waals surface area contributed by atoms with E-state index >= 15 is 0 Å². The fourth-order valence-corrected chi connectivity index (χ4v) is 1.45. The molecule has 0 bridgehead atoms. The molecule has 6 nitrogen and oxygen atoms in total. The van der Waals surface area contributed by atoms with Gasteiger partial charge in [0.15, 0.2) is 12.4 Å². The number of hydrogen-bond acceptors (Lipinski definition) is 5. The van der Waals surface area contributed by atoms with E-state index in [9.17, 15) is 23.5 Å². The number of aldehydes is 1. The number of ether oxygens (including phenoxy) is 1. The van der Waals surface area contributed by atoms with Gasteiger partial charge in [-0.3, -0.25) is 4.79 Å². The number of rotatable bonds is 5. The maximum Gasteiger partial charge on any atom is 0.387 e. The molecular formula is C11H7F2NO5. The van der Waals surface area contributed by atoms with Crippen LogP contribution in [0, 0.1) is 11.3 Å². The van der Waals surface area contributed by atoms with E-state index in [4.69, 9.17) is 10.4 Å². The van der Waals surface area contributed by atoms with E-state index in [0.717, 1.165) is 12.1 Å². The Labute approximate surface area is 105 Å². The van der Waals surface area contributed by atoms with Crippen LogP contribution in [0.4, 0.5) is 8.78 Å². The molecule has 1 aromatic rings. The van der Waals surface area contributed by atoms with Crippen molar-refractivity contribution >= 4 is 12.3 Å². The third-order valence-corrected chi connectivity index (χ3v) is 2.21. The first kappa shape index (κ1) is 14.5. The van der Waals surface area contributed by atoms with Crippen LogP contribution in [0.2, 0.25) is 0 Å². The van der Waals surface area contributed by atoms with Crippen molar-refractivity contribution in [3.63, 3.8) is 0 Å². The normalized spacial score (nSPS) is 11.7. The van der Waals surface area contributed by atoms with Gasteiger partial charge in [0.2, 0.25) is 0 Å². The number of carboxylic acids is 1. The molecule has 0 amide bonds. The average molecular weight is 271 g/mol. The molecule has 1 unspecified atom stereocenters. The zero-order valence-corrected chi connectivity index (χ0v) is 9.21. The number of carbonyl (C=O) groups is 2. The SMILES string of the molecule is N#Cc1ccc(OC(F)F)c(C=O)c1C(O)C(=O)O. The number of halogens is 2. The van der Waals surface area contributed by atoms with Gasteiger partial charge in [0, 0.05) is 5.56 Å². The molecule has 8 heteroatoms. The summed E-state index contributed by atoms with van der Waals surface area (Å²) in [6, 6.07) is 3.46. The smallest absolute Gasteiger partial charge is 0.387 e. The molecule has 0 fully saturated rings. The van der Waals surface area contributed by atoms with Crippen LogP contribution in [-0.4, -0.2) is 29.1 Å². The molecule has 1 atom stereocenters. The second kappa shape index (κ2) is 5.88. The van der Waals surface area contributed by atoms with E-state index in [1.54, 1.807) is 6.07 Å². The van der Waals surface area contributed by atoms with Crippen LogP contribution in [0.15, 0.2) is 12.1 Å². The zero-order chi connectivity index (χ0) is 14.6. The largest absolute Gasteiger partial charge is 0.479 e. The Hall–Kier alpha value is -2.53. The highest BCUT2D eigenvalue weighted by Gasteiger charge is 2.26. The van der Waals surface area contributed by atoms with Gasteiger partial charge in [0.05, 0.1) is 17.2 Å². The summed E-state index contributed by atoms with van der Waals surface area (Å²) in [5, 5.41) is 26.9. The van der Waals surface area contributed by atoms with E-state index in [2.05, 4.69) is 4.74 Å². The van der Waals surface area contributed by atoms with Crippen molar-refractivity contribution < 1.29 is 33.3 Å². The molecule has 0 aliphatic carbocycles. The second-order valence-electron chi connectivity index (χ2n) is 3.29. The van der Waals surface area contributed by atoms with Gasteiger partial charge >= 0.3 is 12.6 Å². The fraction of sp³-hybridized carbons (Fsp3) is 0.182. The molecule has 2 N–H and O–H groups in total. The number of aliphatic hydroxyl groups is 1. The summed E-state index contributed by atoms with van der Waals surface area (Å²) in [6.07, 6.45) is -2.16. The summed E-state index contributed by atoms with van der Waals surface area (Å²) in [4.78, 5) is 21.6. The number of nitriles is 1. The molecular weight excluding hydrogens is 264 g/mol. The van der Waals surface area contributed by atoms with Gasteiger partial charge in [-0.15, -0.1) is 0 Å². The van der Waals surface area contributed by atoms with Crippen molar-refractivity contribution in [2.24, 2.45) is 0 Å². The highest BCUT2D eigenvalue weighted by Crippen LogP contribution is 2.30. The lowest BCUT2D eigenvalue weighted by Crippen LogP contribution is -2.16. The number of hydrogen-bond donors (Lipinski definition) is 2. The number of aliphatic carboxylic acids is 1. The quantitative estimate of drug-likeness (QED) is 0.776. The minimum Gasteiger partial charge on any atom is -0.479 e. The number of alkyl halides is 2. The molecule has 0 saturated carbocycles. The topological polar surface area (TPSA) is 108 Å². The van der Waals surface area contributed by atoms with Gasteiger partial charge in [0.1, 0.15) is 5.75 Å². The molecule has 1 aromatic carbocycles. The monoisotopic (exact) mass is 271 g/mol. The van der Waals surface area contributed by atoms with Crippen molar-refractivity contribution in [1.82, 2.24) is 0 Å². The first-order valence-electron chi connectivity index (χ1n) is 4.80. The molecule has 1 rings (SSSR count). The minimum absolute atomic E-state index is 0.0417. The maximum atomic E-state index is 12.1. The minimum atomic E-state index is -3.23. The summed E-state index contributed by atoms with van der Waals surface area (Å²) < 4.78 is 28.3. The molecule has 0 radical (unpaired) electrons. The number of benzene rings is 1. The lowest BCUT2D eigenvalue weighted by molar-refractivity contribution is -0.147. The van der Waals surface area contributed by atoms with Crippen molar-refractivity contribution in [1.29, 1.82) is 5.26 Å². The van der Waals surface area contributed by atoms with Gasteiger partial charge in [-0.25, -0.2) is 4.79 Å². The van der Waals surface area contributed by atoms with Gasteiger partial charge in [-0.2, -0.15) is 14.0 Å². The van der Waals surface area contributed by atoms with E-state index < -0.39 is 35.6 Å². The van der Waals surface area contributed by atoms with Crippen LogP contribution in [-0.2, 0) is 4.79 Å². The van der Waals surface area contributed by atoms with Crippen LogP contribution >= 0.6 is 0 Å². The number of nitrogens with zero attached hydrogens (tertiary/aromatic N) is 1. The fourth-order valence-electron chi connectivity index (χ4n) is 1.45. The predicted molar refractivity (Wildman–Crippen MR) is 55.8 cm³/mol. The van der Waals surface area contributed by atoms with E-state index in [1.807, 2.05) is 0 Å². The van der Waals surface area contributed by atoms with Crippen LogP contribution in [0.5, 0.6) is 5.75 Å². The van der Waals surface area contributed by atoms with Gasteiger partial charge in [0.25, 0.3) is 0 Å². The number of carbonyl (C=O) groups excluding carboxylic acids is 1. The first-order chi connectivity index (χ1) is 8.92. The Morgan fingerprint density at radius 2 is 2.11 bits per heavy atom. The molecule has 0 heterocycles. The summed E-state index contributed by atoms with van der Waals surface area (Å²) >= 11 is 0. The molecule has 0 aliphatic heterocycles. The number of carboxylic acid groups (broad SMARTS) is 1. The van der Waals surface area contributed by atoms with Crippen LogP contribution < -0.4 is 4.74 Å². The molecule has 100 valence electrons. The Bertz CT molecular complexity index is 553. The third kappa shape index (κ3) is 3.02. The average Bonchev–Trinajstić information content (AvgIpc) is 2.36. The van der Waals surface area contributed by atoms with Crippen LogP contribution in [0.1, 0.15) is 27.6 Å². The third-order valence-electron chi connectivity index (χ3n) is 2.21. The van der Waals surface area contributed by atoms with Crippen molar-refractivity contribution in [3.8, 4) is 11.8 Å². The zero-order valence-electron chi connectivity index (χ0n) is 9.21. The Balaban J connectivity index is 3.51. The maximum absolute atomic E-state index is 12.1. The molecule has 19 heavy (non-hydrogen) atoms. The molecule has 0 spiro atoms. The summed E-state index contributed by atoms with van der Waals surface area (Å²) in [7, 11) is 0. The lowest BCUT2D eigenvalue weighted by atomic mass is 9.96. The van der Waals surface area contributed by atoms with Crippen molar-refractivity contribution in [2.75, 3.05) is 0 Å². The van der Waals surface area contributed by atoms with Crippen LogP contribution in [0.25, 0.3) is 0 Å². The second-order valence-corrected chi connectivity index (χ2v) is 3.29. The van der Waals surface area contributed by atoms with Gasteiger partial charge in [-0.05, 0) is 12.1 Å². The standard InChI is InChI=1S/C11H7F2NO5/c12-11(13)19-7-2-1-5(3-14)8(6(7)4-15)9(16)10(17)18/h1-2,4,9,11,16H,(H,17,18). The van der Waals surface area contributed by atoms with Crippen molar-refractivity contribution in [3.05, 3.63) is 28.8 Å². The Kier molecular flexibility index (Phi) is 4.50. The highest BCUT2D eigenvalue weighted by molar-refractivity contribution is 5.87. The summed E-state index contributed by atoms with van der Waals surface area (Å²) in [5.74, 6) is -2.34. The van der Waals surface area contributed by atoms with Gasteiger partial charge < -0.3 is 14.9 Å². The van der Waals surface area contributed by atoms with E-state index in [-0.39, 0.29) is 11.8 Å². The van der Waals surface area contributed by atoms with Gasteiger partial charge in [-0.1, -0.05) is 0 Å². The lowest BCUT2D eigenvalue weighted by Gasteiger charge is -2.14. The summed E-state index contributed by atoms with van der Waals surface area (Å²) in [6.45, 7) is -3.23. The Morgan fingerprint density at radius 3 is 2.53 bits per heavy atom. The first-order valence-corrected chi connectivity index (χ1v) is 4.80. The highest BCUT2D eigenvalue weighted by atomic mass is 19.3. The van der Waals surface area contributed by atoms with E-state index in [1.165, 1.54) is 0 Å². The van der Waals surface area contributed by atoms with Crippen molar-refractivity contribution in [2.45, 2.75) is 12.7 Å².